The van der Waals surface area contributed by atoms with Gasteiger partial charge in [-0.05, 0) is 43.2 Å². The molecule has 0 aliphatic carbocycles. The van der Waals surface area contributed by atoms with Crippen molar-refractivity contribution in [3.8, 4) is 11.4 Å². The summed E-state index contributed by atoms with van der Waals surface area (Å²) in [5.41, 5.74) is -0.599. The van der Waals surface area contributed by atoms with E-state index in [1.54, 1.807) is 36.5 Å². The van der Waals surface area contributed by atoms with Crippen LogP contribution in [0, 0.1) is 5.82 Å². The lowest BCUT2D eigenvalue weighted by molar-refractivity contribution is -0.153. The number of pyridine rings is 1. The molecule has 0 atom stereocenters. The smallest absolute Gasteiger partial charge is 0.422 e. The van der Waals surface area contributed by atoms with Gasteiger partial charge in [0.25, 0.3) is 5.91 Å². The molecule has 5 rings (SSSR count). The quantitative estimate of drug-likeness (QED) is 0.413. The molecule has 8 nitrogen and oxygen atoms in total. The highest BCUT2D eigenvalue weighted by molar-refractivity contribution is 6.10. The number of alkyl halides is 3. The SMILES string of the molecule is O=C(Nc1cccc2ncccc12)c1cc(F)c(-n2nc3n(c2=O)CCCC3)cc1OCC(F)(F)F. The van der Waals surface area contributed by atoms with Gasteiger partial charge in [-0.1, -0.05) is 6.07 Å². The third kappa shape index (κ3) is 4.53. The normalized spacial score (nSPS) is 13.4. The van der Waals surface area contributed by atoms with Crippen molar-refractivity contribution >= 4 is 22.5 Å². The van der Waals surface area contributed by atoms with Crippen LogP contribution in [0.2, 0.25) is 0 Å². The highest BCUT2D eigenvalue weighted by Gasteiger charge is 2.30. The number of hydrogen-bond donors (Lipinski definition) is 1. The number of ether oxygens (including phenoxy) is 1. The Morgan fingerprint density at radius 2 is 1.97 bits per heavy atom. The number of aryl methyl sites for hydroxylation is 1. The second kappa shape index (κ2) is 9.10. The maximum absolute atomic E-state index is 15.2. The van der Waals surface area contributed by atoms with E-state index in [2.05, 4.69) is 15.4 Å². The lowest BCUT2D eigenvalue weighted by Gasteiger charge is -2.15. The molecule has 0 unspecified atom stereocenters. The number of aromatic nitrogens is 4. The van der Waals surface area contributed by atoms with Gasteiger partial charge in [-0.25, -0.2) is 9.18 Å². The van der Waals surface area contributed by atoms with Crippen LogP contribution in [0.3, 0.4) is 0 Å². The average molecular weight is 501 g/mol. The predicted molar refractivity (Wildman–Crippen MR) is 122 cm³/mol. The molecule has 0 bridgehead atoms. The van der Waals surface area contributed by atoms with Gasteiger partial charge in [-0.15, -0.1) is 5.10 Å². The molecule has 1 amide bonds. The summed E-state index contributed by atoms with van der Waals surface area (Å²) in [4.78, 5) is 30.0. The number of hydrogen-bond acceptors (Lipinski definition) is 5. The number of anilines is 1. The third-order valence-electron chi connectivity index (χ3n) is 5.78. The van der Waals surface area contributed by atoms with Crippen LogP contribution in [0.1, 0.15) is 29.0 Å². The zero-order valence-corrected chi connectivity index (χ0v) is 18.7. The lowest BCUT2D eigenvalue weighted by Crippen LogP contribution is -2.27. The molecule has 186 valence electrons. The summed E-state index contributed by atoms with van der Waals surface area (Å²) >= 11 is 0. The Balaban J connectivity index is 1.56. The van der Waals surface area contributed by atoms with Gasteiger partial charge < -0.3 is 10.1 Å². The molecule has 36 heavy (non-hydrogen) atoms. The minimum absolute atomic E-state index is 0.329. The van der Waals surface area contributed by atoms with E-state index in [1.165, 1.54) is 4.57 Å². The van der Waals surface area contributed by atoms with Crippen molar-refractivity contribution < 1.29 is 27.1 Å². The highest BCUT2D eigenvalue weighted by atomic mass is 19.4. The largest absolute Gasteiger partial charge is 0.483 e. The van der Waals surface area contributed by atoms with Crippen LogP contribution >= 0.6 is 0 Å². The summed E-state index contributed by atoms with van der Waals surface area (Å²) < 4.78 is 61.1. The number of rotatable bonds is 5. The molecule has 1 aliphatic rings. The minimum Gasteiger partial charge on any atom is -0.483 e. The predicted octanol–water partition coefficient (Wildman–Crippen LogP) is 4.25. The number of nitrogens with zero attached hydrogens (tertiary/aromatic N) is 4. The maximum atomic E-state index is 15.2. The van der Waals surface area contributed by atoms with E-state index in [-0.39, 0.29) is 0 Å². The monoisotopic (exact) mass is 501 g/mol. The van der Waals surface area contributed by atoms with E-state index in [4.69, 9.17) is 4.74 Å². The second-order valence-corrected chi connectivity index (χ2v) is 8.25. The molecular formula is C24H19F4N5O3. The van der Waals surface area contributed by atoms with Crippen molar-refractivity contribution in [1.82, 2.24) is 19.3 Å². The number of nitrogens with one attached hydrogen (secondary N) is 1. The summed E-state index contributed by atoms with van der Waals surface area (Å²) in [7, 11) is 0. The van der Waals surface area contributed by atoms with Crippen LogP contribution < -0.4 is 15.7 Å². The van der Waals surface area contributed by atoms with Crippen molar-refractivity contribution in [2.24, 2.45) is 0 Å². The van der Waals surface area contributed by atoms with Gasteiger partial charge >= 0.3 is 11.9 Å². The second-order valence-electron chi connectivity index (χ2n) is 8.25. The lowest BCUT2D eigenvalue weighted by atomic mass is 10.1. The number of carbonyl (C=O) groups excluding carboxylic acids is 1. The fourth-order valence-corrected chi connectivity index (χ4v) is 4.12. The Labute approximate surface area is 201 Å². The number of fused-ring (bicyclic) bond motifs is 2. The maximum Gasteiger partial charge on any atom is 0.422 e. The van der Waals surface area contributed by atoms with Gasteiger partial charge in [0, 0.05) is 30.6 Å². The Hall–Kier alpha value is -4.22. The molecule has 0 fully saturated rings. The Morgan fingerprint density at radius 3 is 2.75 bits per heavy atom. The van der Waals surface area contributed by atoms with E-state index in [9.17, 15) is 22.8 Å². The Kier molecular flexibility index (Phi) is 5.94. The standard InChI is InChI=1S/C24H19F4N5O3/c25-16-11-15(22(34)30-18-7-3-6-17-14(18)5-4-9-29-17)20(36-13-24(26,27)28)12-19(16)33-23(35)32-10-2-1-8-21(32)31-33/h3-7,9,11-12H,1-2,8,10,13H2,(H,30,34). The summed E-state index contributed by atoms with van der Waals surface area (Å²) in [5.74, 6) is -2.01. The number of carbonyl (C=O) groups is 1. The zero-order valence-electron chi connectivity index (χ0n) is 18.7. The third-order valence-corrected chi connectivity index (χ3v) is 5.78. The van der Waals surface area contributed by atoms with E-state index >= 15 is 4.39 Å². The molecular weight excluding hydrogens is 482 g/mol. The highest BCUT2D eigenvalue weighted by Crippen LogP contribution is 2.29. The van der Waals surface area contributed by atoms with Gasteiger partial charge in [-0.3, -0.25) is 14.3 Å². The Morgan fingerprint density at radius 1 is 1.14 bits per heavy atom. The van der Waals surface area contributed by atoms with Crippen molar-refractivity contribution in [1.29, 1.82) is 0 Å². The van der Waals surface area contributed by atoms with Gasteiger partial charge in [0.1, 0.15) is 23.1 Å². The van der Waals surface area contributed by atoms with Crippen LogP contribution in [0.25, 0.3) is 16.6 Å². The molecule has 0 saturated carbocycles. The fraction of sp³-hybridized carbons (Fsp3) is 0.250. The molecule has 12 heteroatoms. The van der Waals surface area contributed by atoms with E-state index in [0.717, 1.165) is 29.7 Å². The summed E-state index contributed by atoms with van der Waals surface area (Å²) in [6.45, 7) is -1.31. The van der Waals surface area contributed by atoms with Crippen molar-refractivity contribution in [2.75, 3.05) is 11.9 Å². The number of benzene rings is 2. The van der Waals surface area contributed by atoms with E-state index < -0.39 is 47.2 Å². The first kappa shape index (κ1) is 23.5. The van der Waals surface area contributed by atoms with Gasteiger partial charge in [0.15, 0.2) is 6.61 Å². The molecule has 1 N–H and O–H groups in total. The molecule has 0 saturated heterocycles. The Bertz CT molecular complexity index is 1520. The fourth-order valence-electron chi connectivity index (χ4n) is 4.12. The molecule has 2 aromatic heterocycles. The van der Waals surface area contributed by atoms with Crippen LogP contribution in [0.5, 0.6) is 5.75 Å². The van der Waals surface area contributed by atoms with Crippen LogP contribution in [-0.4, -0.2) is 38.0 Å². The molecule has 1 aliphatic heterocycles. The molecule has 2 aromatic carbocycles. The van der Waals surface area contributed by atoms with Crippen molar-refractivity contribution in [2.45, 2.75) is 32.0 Å². The minimum atomic E-state index is -4.71. The van der Waals surface area contributed by atoms with Crippen molar-refractivity contribution in [3.63, 3.8) is 0 Å². The van der Waals surface area contributed by atoms with Crippen LogP contribution in [0.15, 0.2) is 53.5 Å². The zero-order chi connectivity index (χ0) is 25.4. The summed E-state index contributed by atoms with van der Waals surface area (Å²) in [5, 5.41) is 7.31. The average Bonchev–Trinajstić information content (AvgIpc) is 3.19. The first-order valence-electron chi connectivity index (χ1n) is 11.1. The van der Waals surface area contributed by atoms with Crippen LogP contribution in [-0.2, 0) is 13.0 Å². The number of amides is 1. The molecule has 4 aromatic rings. The van der Waals surface area contributed by atoms with Gasteiger partial charge in [-0.2, -0.15) is 17.9 Å². The number of halogens is 4. The summed E-state index contributed by atoms with van der Waals surface area (Å²) in [6, 6.07) is 9.94. The van der Waals surface area contributed by atoms with E-state index in [1.807, 2.05) is 0 Å². The van der Waals surface area contributed by atoms with Crippen LogP contribution in [0.4, 0.5) is 23.2 Å². The van der Waals surface area contributed by atoms with Gasteiger partial charge in [0.05, 0.1) is 16.8 Å². The summed E-state index contributed by atoms with van der Waals surface area (Å²) in [6.07, 6.45) is -1.07. The first-order chi connectivity index (χ1) is 17.2. The molecule has 3 heterocycles. The van der Waals surface area contributed by atoms with Crippen molar-refractivity contribution in [3.05, 3.63) is 76.4 Å². The van der Waals surface area contributed by atoms with E-state index in [0.29, 0.717) is 35.4 Å². The topological polar surface area (TPSA) is 91.0 Å². The molecule has 0 radical (unpaired) electrons. The molecule has 0 spiro atoms. The van der Waals surface area contributed by atoms with Gasteiger partial charge in [0.2, 0.25) is 0 Å². The first-order valence-corrected chi connectivity index (χ1v) is 11.1.